The number of quaternary nitrogens is 1. The molecule has 1 rings (SSSR count). The minimum atomic E-state index is 0.632. The van der Waals surface area contributed by atoms with Crippen molar-refractivity contribution in [1.29, 1.82) is 0 Å². The summed E-state index contributed by atoms with van der Waals surface area (Å²) in [5.41, 5.74) is 2.65. The molecule has 13 heavy (non-hydrogen) atoms. The molecule has 0 aromatic carbocycles. The average molecular weight is 204 g/mol. The third kappa shape index (κ3) is 4.40. The lowest BCUT2D eigenvalue weighted by atomic mass is 9.97. The third-order valence-corrected chi connectivity index (χ3v) is 2.63. The molecule has 1 aliphatic rings. The van der Waals surface area contributed by atoms with Crippen molar-refractivity contribution in [3.05, 3.63) is 0 Å². The topological polar surface area (TPSA) is 60.9 Å². The Morgan fingerprint density at radius 2 is 2.15 bits per heavy atom. The lowest BCUT2D eigenvalue weighted by Crippen LogP contribution is -2.69. The maximum absolute atomic E-state index is 5.28. The molecule has 0 spiro atoms. The van der Waals surface area contributed by atoms with Gasteiger partial charge in [0.2, 0.25) is 5.11 Å². The summed E-state index contributed by atoms with van der Waals surface area (Å²) in [6.45, 7) is 2.78. The molecule has 0 aliphatic carbocycles. The zero-order chi connectivity index (χ0) is 9.52. The molecule has 1 aliphatic heterocycles. The molecular weight excluding hydrogens is 186 g/mol. The van der Waals surface area contributed by atoms with Crippen LogP contribution in [0.4, 0.5) is 0 Å². The van der Waals surface area contributed by atoms with E-state index in [9.17, 15) is 0 Å². The normalized spacial score (nSPS) is 18.2. The minimum absolute atomic E-state index is 0.632. The van der Waals surface area contributed by atoms with Crippen molar-refractivity contribution in [1.82, 2.24) is 10.7 Å². The van der Waals surface area contributed by atoms with Gasteiger partial charge in [-0.15, -0.1) is 0 Å². The van der Waals surface area contributed by atoms with E-state index in [1.165, 1.54) is 19.3 Å². The Labute approximate surface area is 84.2 Å². The van der Waals surface area contributed by atoms with Crippen molar-refractivity contribution in [2.24, 2.45) is 5.92 Å². The fourth-order valence-corrected chi connectivity index (χ4v) is 1.59. The number of ether oxygens (including phenoxy) is 1. The molecular formula is C8H18N3OS+. The first-order valence-electron chi connectivity index (χ1n) is 4.71. The minimum Gasteiger partial charge on any atom is -0.381 e. The summed E-state index contributed by atoms with van der Waals surface area (Å²) in [5.74, 6) is 4.28. The predicted molar refractivity (Wildman–Crippen MR) is 54.8 cm³/mol. The summed E-state index contributed by atoms with van der Waals surface area (Å²) in [4.78, 5) is 0. The van der Waals surface area contributed by atoms with Gasteiger partial charge in [0, 0.05) is 19.8 Å². The van der Waals surface area contributed by atoms with Crippen LogP contribution in [-0.2, 0) is 4.74 Å². The third-order valence-electron chi connectivity index (χ3n) is 2.34. The van der Waals surface area contributed by atoms with Gasteiger partial charge in [-0.1, -0.05) is 0 Å². The maximum atomic E-state index is 5.28. The number of thiocarbonyl (C=S) groups is 1. The van der Waals surface area contributed by atoms with Gasteiger partial charge < -0.3 is 10.1 Å². The van der Waals surface area contributed by atoms with E-state index in [1.807, 2.05) is 0 Å². The molecule has 4 nitrogen and oxygen atoms in total. The van der Waals surface area contributed by atoms with Crippen molar-refractivity contribution in [2.75, 3.05) is 19.8 Å². The van der Waals surface area contributed by atoms with Crippen LogP contribution in [-0.4, -0.2) is 24.9 Å². The molecule has 0 radical (unpaired) electrons. The Bertz CT molecular complexity index is 159. The van der Waals surface area contributed by atoms with E-state index < -0.39 is 0 Å². The molecule has 76 valence electrons. The smallest absolute Gasteiger partial charge is 0.213 e. The summed E-state index contributed by atoms with van der Waals surface area (Å²) < 4.78 is 5.28. The Balaban J connectivity index is 2.01. The quantitative estimate of drug-likeness (QED) is 0.425. The number of hydrogen-bond donors (Lipinski definition) is 3. The molecule has 1 heterocycles. The molecule has 0 atom stereocenters. The highest BCUT2D eigenvalue weighted by Gasteiger charge is 2.12. The maximum Gasteiger partial charge on any atom is 0.213 e. The van der Waals surface area contributed by atoms with Crippen LogP contribution in [0.5, 0.6) is 0 Å². The number of nitrogens with one attached hydrogen (secondary N) is 2. The van der Waals surface area contributed by atoms with E-state index in [1.54, 1.807) is 0 Å². The highest BCUT2D eigenvalue weighted by molar-refractivity contribution is 7.80. The second-order valence-corrected chi connectivity index (χ2v) is 3.69. The van der Waals surface area contributed by atoms with Gasteiger partial charge in [-0.3, -0.25) is 5.84 Å². The first-order chi connectivity index (χ1) is 6.33. The molecule has 0 unspecified atom stereocenters. The van der Waals surface area contributed by atoms with Crippen LogP contribution >= 0.6 is 12.2 Å². The Kier molecular flexibility index (Phi) is 5.03. The first kappa shape index (κ1) is 10.7. The van der Waals surface area contributed by atoms with Crippen molar-refractivity contribution < 1.29 is 10.6 Å². The molecule has 1 saturated heterocycles. The lowest BCUT2D eigenvalue weighted by molar-refractivity contribution is -0.419. The fraction of sp³-hybridized carbons (Fsp3) is 0.875. The van der Waals surface area contributed by atoms with Gasteiger partial charge in [0.1, 0.15) is 0 Å². The van der Waals surface area contributed by atoms with Gasteiger partial charge in [-0.25, -0.2) is 5.43 Å². The summed E-state index contributed by atoms with van der Waals surface area (Å²) >= 11 is 4.91. The summed E-state index contributed by atoms with van der Waals surface area (Å²) in [6.07, 6.45) is 3.55. The summed E-state index contributed by atoms with van der Waals surface area (Å²) in [6, 6.07) is 0. The second-order valence-electron chi connectivity index (χ2n) is 3.28. The highest BCUT2D eigenvalue weighted by Crippen LogP contribution is 2.17. The van der Waals surface area contributed by atoms with Gasteiger partial charge in [-0.05, 0) is 37.4 Å². The number of hydrogen-bond acceptors (Lipinski definition) is 2. The monoisotopic (exact) mass is 204 g/mol. The van der Waals surface area contributed by atoms with Gasteiger partial charge in [0.05, 0.1) is 0 Å². The largest absolute Gasteiger partial charge is 0.381 e. The molecule has 0 saturated carbocycles. The molecule has 0 amide bonds. The van der Waals surface area contributed by atoms with Crippen molar-refractivity contribution in [3.8, 4) is 0 Å². The van der Waals surface area contributed by atoms with E-state index in [0.29, 0.717) is 5.11 Å². The second kappa shape index (κ2) is 6.12. The van der Waals surface area contributed by atoms with Crippen LogP contribution in [0.3, 0.4) is 0 Å². The summed E-state index contributed by atoms with van der Waals surface area (Å²) in [5, 5.41) is 3.73. The van der Waals surface area contributed by atoms with Gasteiger partial charge >= 0.3 is 0 Å². The van der Waals surface area contributed by atoms with Crippen LogP contribution < -0.4 is 16.6 Å². The van der Waals surface area contributed by atoms with Crippen LogP contribution in [0.1, 0.15) is 19.3 Å². The van der Waals surface area contributed by atoms with Crippen LogP contribution in [0, 0.1) is 5.92 Å². The number of rotatable bonds is 3. The average Bonchev–Trinajstić information content (AvgIpc) is 2.19. The molecule has 5 heteroatoms. The lowest BCUT2D eigenvalue weighted by Gasteiger charge is -2.21. The molecule has 0 bridgehead atoms. The Morgan fingerprint density at radius 3 is 2.77 bits per heavy atom. The zero-order valence-corrected chi connectivity index (χ0v) is 8.66. The Morgan fingerprint density at radius 1 is 1.46 bits per heavy atom. The van der Waals surface area contributed by atoms with Crippen molar-refractivity contribution in [3.63, 3.8) is 0 Å². The van der Waals surface area contributed by atoms with Gasteiger partial charge in [-0.2, -0.15) is 0 Å². The van der Waals surface area contributed by atoms with Crippen LogP contribution in [0.15, 0.2) is 0 Å². The Hall–Kier alpha value is -0.390. The van der Waals surface area contributed by atoms with Gasteiger partial charge in [0.15, 0.2) is 0 Å². The highest BCUT2D eigenvalue weighted by atomic mass is 32.1. The molecule has 0 aromatic heterocycles. The molecule has 0 aromatic rings. The van der Waals surface area contributed by atoms with Crippen molar-refractivity contribution >= 4 is 17.3 Å². The van der Waals surface area contributed by atoms with E-state index in [2.05, 4.69) is 16.6 Å². The predicted octanol–water partition coefficient (Wildman–Crippen LogP) is -0.576. The van der Waals surface area contributed by atoms with E-state index in [0.717, 1.165) is 25.7 Å². The molecule has 1 fully saturated rings. The zero-order valence-electron chi connectivity index (χ0n) is 7.84. The van der Waals surface area contributed by atoms with E-state index in [-0.39, 0.29) is 0 Å². The van der Waals surface area contributed by atoms with E-state index in [4.69, 9.17) is 17.0 Å². The van der Waals surface area contributed by atoms with Crippen LogP contribution in [0.2, 0.25) is 0 Å². The summed E-state index contributed by atoms with van der Waals surface area (Å²) in [7, 11) is 0. The van der Waals surface area contributed by atoms with Gasteiger partial charge in [0.25, 0.3) is 0 Å². The van der Waals surface area contributed by atoms with E-state index >= 15 is 0 Å². The fourth-order valence-electron chi connectivity index (χ4n) is 1.49. The molecule has 5 N–H and O–H groups in total. The van der Waals surface area contributed by atoms with Crippen molar-refractivity contribution in [2.45, 2.75) is 19.3 Å². The standard InChI is InChI=1S/C8H17N3OS/c9-11-8(13)10-4-1-7-2-5-12-6-3-7/h7H,1-6,9H2,(H2,10,11,13)/p+1. The SMILES string of the molecule is [NH3+]NC(=S)NCCC1CCOCC1. The van der Waals surface area contributed by atoms with Crippen LogP contribution in [0.25, 0.3) is 0 Å². The first-order valence-corrected chi connectivity index (χ1v) is 5.12.